The Kier molecular flexibility index (Phi) is 7.17. The summed E-state index contributed by atoms with van der Waals surface area (Å²) in [7, 11) is 0. The SMILES string of the molecule is CCCC1CCC(c2ccc(C(=O)Oc3ccc4c(F)c(C=C(F)F)ccc4c3)cc2)CC1. The van der Waals surface area contributed by atoms with Crippen LogP contribution in [0.2, 0.25) is 0 Å². The molecule has 2 nitrogen and oxygen atoms in total. The molecular weight excluding hydrogens is 425 g/mol. The quantitative estimate of drug-likeness (QED) is 0.277. The number of halogens is 3. The molecule has 0 N–H and O–H groups in total. The lowest BCUT2D eigenvalue weighted by Gasteiger charge is -2.28. The van der Waals surface area contributed by atoms with Gasteiger partial charge in [-0.3, -0.25) is 0 Å². The second-order valence-corrected chi connectivity index (χ2v) is 8.80. The van der Waals surface area contributed by atoms with Crippen LogP contribution in [0.15, 0.2) is 60.7 Å². The normalized spacial score (nSPS) is 18.2. The van der Waals surface area contributed by atoms with E-state index in [0.717, 1.165) is 5.92 Å². The summed E-state index contributed by atoms with van der Waals surface area (Å²) in [4.78, 5) is 12.6. The number of carbonyl (C=O) groups excluding carboxylic acids is 1. The average Bonchev–Trinajstić information content (AvgIpc) is 2.81. The molecule has 0 saturated heterocycles. The Morgan fingerprint density at radius 2 is 1.73 bits per heavy atom. The maximum absolute atomic E-state index is 14.5. The van der Waals surface area contributed by atoms with Crippen LogP contribution in [0, 0.1) is 11.7 Å². The van der Waals surface area contributed by atoms with Crippen molar-refractivity contribution in [2.75, 3.05) is 0 Å². The number of rotatable bonds is 6. The molecule has 33 heavy (non-hydrogen) atoms. The smallest absolute Gasteiger partial charge is 0.343 e. The van der Waals surface area contributed by atoms with Crippen molar-refractivity contribution in [2.24, 2.45) is 5.92 Å². The van der Waals surface area contributed by atoms with Gasteiger partial charge in [-0.05, 0) is 78.8 Å². The molecule has 3 aromatic carbocycles. The molecule has 0 spiro atoms. The van der Waals surface area contributed by atoms with Crippen molar-refractivity contribution >= 4 is 22.8 Å². The fraction of sp³-hybridized carbons (Fsp3) is 0.321. The molecule has 0 atom stereocenters. The summed E-state index contributed by atoms with van der Waals surface area (Å²) >= 11 is 0. The first kappa shape index (κ1) is 23.1. The first-order valence-corrected chi connectivity index (χ1v) is 11.5. The van der Waals surface area contributed by atoms with Crippen molar-refractivity contribution < 1.29 is 22.7 Å². The number of fused-ring (bicyclic) bond motifs is 1. The maximum atomic E-state index is 14.5. The molecule has 3 aromatic rings. The molecule has 0 aromatic heterocycles. The van der Waals surface area contributed by atoms with Crippen LogP contribution in [-0.2, 0) is 0 Å². The Labute approximate surface area is 192 Å². The van der Waals surface area contributed by atoms with Gasteiger partial charge < -0.3 is 4.74 Å². The summed E-state index contributed by atoms with van der Waals surface area (Å²) in [6, 6.07) is 14.8. The number of benzene rings is 3. The third-order valence-electron chi connectivity index (χ3n) is 6.59. The van der Waals surface area contributed by atoms with Crippen molar-refractivity contribution in [3.05, 3.63) is 83.2 Å². The summed E-state index contributed by atoms with van der Waals surface area (Å²) in [6.45, 7) is 2.24. The van der Waals surface area contributed by atoms with Crippen LogP contribution >= 0.6 is 0 Å². The first-order valence-electron chi connectivity index (χ1n) is 11.5. The van der Waals surface area contributed by atoms with E-state index in [1.807, 2.05) is 12.1 Å². The zero-order valence-electron chi connectivity index (χ0n) is 18.6. The number of hydrogen-bond acceptors (Lipinski definition) is 2. The molecule has 0 radical (unpaired) electrons. The van der Waals surface area contributed by atoms with E-state index in [0.29, 0.717) is 22.9 Å². The molecule has 0 bridgehead atoms. The minimum Gasteiger partial charge on any atom is -0.423 e. The lowest BCUT2D eigenvalue weighted by Crippen LogP contribution is -2.13. The molecule has 1 aliphatic rings. The van der Waals surface area contributed by atoms with Gasteiger partial charge in [-0.2, -0.15) is 8.78 Å². The van der Waals surface area contributed by atoms with E-state index < -0.39 is 17.9 Å². The first-order chi connectivity index (χ1) is 15.9. The summed E-state index contributed by atoms with van der Waals surface area (Å²) in [5, 5.41) is 0.644. The number of esters is 1. The van der Waals surface area contributed by atoms with E-state index in [1.54, 1.807) is 12.1 Å². The number of ether oxygens (including phenoxy) is 1. The van der Waals surface area contributed by atoms with Gasteiger partial charge in [0.25, 0.3) is 6.08 Å². The van der Waals surface area contributed by atoms with Gasteiger partial charge in [0.1, 0.15) is 11.6 Å². The largest absolute Gasteiger partial charge is 0.423 e. The van der Waals surface area contributed by atoms with Gasteiger partial charge in [-0.1, -0.05) is 44.0 Å². The Morgan fingerprint density at radius 1 is 1.00 bits per heavy atom. The second kappa shape index (κ2) is 10.2. The van der Waals surface area contributed by atoms with Crippen molar-refractivity contribution in [3.8, 4) is 5.75 Å². The maximum Gasteiger partial charge on any atom is 0.343 e. The van der Waals surface area contributed by atoms with Crippen LogP contribution in [0.1, 0.15) is 72.9 Å². The fourth-order valence-corrected chi connectivity index (χ4v) is 4.83. The summed E-state index contributed by atoms with van der Waals surface area (Å²) in [5.41, 5.74) is 1.52. The number of hydrogen-bond donors (Lipinski definition) is 0. The molecule has 0 amide bonds. The van der Waals surface area contributed by atoms with Crippen LogP contribution < -0.4 is 4.74 Å². The molecule has 172 valence electrons. The highest BCUT2D eigenvalue weighted by Gasteiger charge is 2.22. The topological polar surface area (TPSA) is 26.3 Å². The van der Waals surface area contributed by atoms with Gasteiger partial charge in [0.15, 0.2) is 0 Å². The van der Waals surface area contributed by atoms with Crippen LogP contribution in [0.4, 0.5) is 13.2 Å². The highest BCUT2D eigenvalue weighted by atomic mass is 19.3. The van der Waals surface area contributed by atoms with E-state index >= 15 is 0 Å². The summed E-state index contributed by atoms with van der Waals surface area (Å²) in [5.74, 6) is 0.433. The molecule has 0 unspecified atom stereocenters. The predicted molar refractivity (Wildman–Crippen MR) is 125 cm³/mol. The molecule has 4 rings (SSSR count). The van der Waals surface area contributed by atoms with Gasteiger partial charge in [0.2, 0.25) is 0 Å². The lowest BCUT2D eigenvalue weighted by atomic mass is 9.77. The Hall–Kier alpha value is -3.08. The standard InChI is InChI=1S/C28H27F3O2/c1-2-3-18-4-6-19(7-5-18)20-8-10-21(11-9-20)28(32)33-24-14-15-25-22(16-24)12-13-23(27(25)31)17-26(29)30/h8-19H,2-7H2,1H3. The molecule has 0 heterocycles. The van der Waals surface area contributed by atoms with Crippen molar-refractivity contribution in [2.45, 2.75) is 51.4 Å². The van der Waals surface area contributed by atoms with Gasteiger partial charge >= 0.3 is 5.97 Å². The van der Waals surface area contributed by atoms with E-state index in [2.05, 4.69) is 6.92 Å². The summed E-state index contributed by atoms with van der Waals surface area (Å²) in [6.07, 6.45) is 6.01. The van der Waals surface area contributed by atoms with Crippen LogP contribution in [0.3, 0.4) is 0 Å². The number of carbonyl (C=O) groups is 1. The van der Waals surface area contributed by atoms with Gasteiger partial charge in [-0.15, -0.1) is 0 Å². The third kappa shape index (κ3) is 5.47. The monoisotopic (exact) mass is 452 g/mol. The second-order valence-electron chi connectivity index (χ2n) is 8.80. The highest BCUT2D eigenvalue weighted by Crippen LogP contribution is 2.37. The van der Waals surface area contributed by atoms with Gasteiger partial charge in [-0.25, -0.2) is 9.18 Å². The van der Waals surface area contributed by atoms with Crippen molar-refractivity contribution in [1.82, 2.24) is 0 Å². The molecule has 5 heteroatoms. The molecule has 1 aliphatic carbocycles. The van der Waals surface area contributed by atoms with E-state index in [9.17, 15) is 18.0 Å². The minimum atomic E-state index is -1.96. The molecular formula is C28H27F3O2. The Balaban J connectivity index is 1.43. The van der Waals surface area contributed by atoms with Crippen LogP contribution in [-0.4, -0.2) is 5.97 Å². The predicted octanol–water partition coefficient (Wildman–Crippen LogP) is 8.51. The van der Waals surface area contributed by atoms with E-state index in [4.69, 9.17) is 4.74 Å². The zero-order chi connectivity index (χ0) is 23.4. The third-order valence-corrected chi connectivity index (χ3v) is 6.59. The van der Waals surface area contributed by atoms with Gasteiger partial charge in [0.05, 0.1) is 5.56 Å². The Morgan fingerprint density at radius 3 is 2.39 bits per heavy atom. The van der Waals surface area contributed by atoms with Gasteiger partial charge in [0, 0.05) is 17.0 Å². The average molecular weight is 453 g/mol. The molecule has 0 aliphatic heterocycles. The van der Waals surface area contributed by atoms with Crippen molar-refractivity contribution in [3.63, 3.8) is 0 Å². The highest BCUT2D eigenvalue weighted by molar-refractivity contribution is 5.92. The van der Waals surface area contributed by atoms with E-state index in [1.165, 1.54) is 74.4 Å². The van der Waals surface area contributed by atoms with Crippen molar-refractivity contribution in [1.29, 1.82) is 0 Å². The fourth-order valence-electron chi connectivity index (χ4n) is 4.83. The Bertz CT molecular complexity index is 1160. The molecule has 1 fully saturated rings. The van der Waals surface area contributed by atoms with E-state index in [-0.39, 0.29) is 16.7 Å². The zero-order valence-corrected chi connectivity index (χ0v) is 18.6. The van der Waals surface area contributed by atoms with Crippen LogP contribution in [0.25, 0.3) is 16.8 Å². The minimum absolute atomic E-state index is 0.183. The summed E-state index contributed by atoms with van der Waals surface area (Å²) < 4.78 is 44.9. The van der Waals surface area contributed by atoms with Crippen LogP contribution in [0.5, 0.6) is 5.75 Å². The lowest BCUT2D eigenvalue weighted by molar-refractivity contribution is 0.0735. The molecule has 1 saturated carbocycles.